The fraction of sp³-hybridized carbons (Fsp3) is 0.318. The molecule has 0 aliphatic rings. The van der Waals surface area contributed by atoms with Gasteiger partial charge in [0, 0.05) is 18.0 Å². The van der Waals surface area contributed by atoms with Gasteiger partial charge >= 0.3 is 0 Å². The van der Waals surface area contributed by atoms with Crippen LogP contribution in [0.25, 0.3) is 10.8 Å². The smallest absolute Gasteiger partial charge is 0.272 e. The zero-order chi connectivity index (χ0) is 19.9. The number of likely N-dealkylation sites (N-methyl/N-ethyl adjacent to an activating group) is 1. The average Bonchev–Trinajstić information content (AvgIpc) is 2.73. The van der Waals surface area contributed by atoms with Gasteiger partial charge < -0.3 is 5.32 Å². The van der Waals surface area contributed by atoms with Gasteiger partial charge in [-0.2, -0.15) is 5.10 Å². The van der Waals surface area contributed by atoms with Gasteiger partial charge in [0.1, 0.15) is 0 Å². The molecule has 0 aliphatic heterocycles. The summed E-state index contributed by atoms with van der Waals surface area (Å²) < 4.78 is 0. The predicted molar refractivity (Wildman–Crippen MR) is 112 cm³/mol. The Hall–Kier alpha value is -2.99. The lowest BCUT2D eigenvalue weighted by molar-refractivity contribution is 0.0930. The van der Waals surface area contributed by atoms with Crippen LogP contribution in [0.4, 0.5) is 0 Å². The Labute approximate surface area is 164 Å². The van der Waals surface area contributed by atoms with Gasteiger partial charge in [0.2, 0.25) is 0 Å². The zero-order valence-corrected chi connectivity index (χ0v) is 16.3. The summed E-state index contributed by atoms with van der Waals surface area (Å²) in [6, 6.07) is 17.5. The Morgan fingerprint density at radius 1 is 1.04 bits per heavy atom. The summed E-state index contributed by atoms with van der Waals surface area (Å²) in [6.45, 7) is 6.57. The maximum atomic E-state index is 12.8. The van der Waals surface area contributed by atoms with E-state index in [1.165, 1.54) is 5.56 Å². The molecule has 0 fully saturated rings. The third-order valence-electron chi connectivity index (χ3n) is 5.05. The van der Waals surface area contributed by atoms with E-state index < -0.39 is 0 Å². The van der Waals surface area contributed by atoms with Crippen molar-refractivity contribution < 1.29 is 4.79 Å². The highest BCUT2D eigenvalue weighted by molar-refractivity contribution is 6.04. The second-order valence-electron chi connectivity index (χ2n) is 6.72. The van der Waals surface area contributed by atoms with E-state index in [1.54, 1.807) is 24.3 Å². The number of nitrogens with zero attached hydrogens (tertiary/aromatic N) is 2. The quantitative estimate of drug-likeness (QED) is 0.632. The predicted octanol–water partition coefficient (Wildman–Crippen LogP) is 2.61. The number of fused-ring (bicyclic) bond motifs is 1. The maximum Gasteiger partial charge on any atom is 0.272 e. The van der Waals surface area contributed by atoms with Crippen LogP contribution in [0.15, 0.2) is 59.4 Å². The summed E-state index contributed by atoms with van der Waals surface area (Å²) in [7, 11) is 0. The van der Waals surface area contributed by atoms with E-state index in [0.29, 0.717) is 17.3 Å². The van der Waals surface area contributed by atoms with Crippen LogP contribution in [-0.4, -0.2) is 46.7 Å². The third-order valence-corrected chi connectivity index (χ3v) is 5.05. The lowest BCUT2D eigenvalue weighted by atomic mass is 10.0. The summed E-state index contributed by atoms with van der Waals surface area (Å²) in [5.74, 6) is -0.280. The Kier molecular flexibility index (Phi) is 6.55. The largest absolute Gasteiger partial charge is 0.349 e. The van der Waals surface area contributed by atoms with E-state index in [-0.39, 0.29) is 23.2 Å². The van der Waals surface area contributed by atoms with Crippen LogP contribution in [0, 0.1) is 0 Å². The molecule has 0 saturated heterocycles. The van der Waals surface area contributed by atoms with E-state index in [9.17, 15) is 9.59 Å². The molecule has 0 bridgehead atoms. The molecule has 0 aliphatic carbocycles. The topological polar surface area (TPSA) is 78.1 Å². The van der Waals surface area contributed by atoms with E-state index >= 15 is 0 Å². The molecule has 1 atom stereocenters. The average molecular weight is 378 g/mol. The van der Waals surface area contributed by atoms with Crippen molar-refractivity contribution in [3.05, 3.63) is 76.2 Å². The Morgan fingerprint density at radius 3 is 2.36 bits per heavy atom. The lowest BCUT2D eigenvalue weighted by Crippen LogP contribution is -2.45. The van der Waals surface area contributed by atoms with Crippen LogP contribution in [0.5, 0.6) is 0 Å². The second-order valence-corrected chi connectivity index (χ2v) is 6.72. The summed E-state index contributed by atoms with van der Waals surface area (Å²) in [5.41, 5.74) is 1.19. The van der Waals surface area contributed by atoms with Gasteiger partial charge in [-0.1, -0.05) is 62.4 Å². The first-order valence-corrected chi connectivity index (χ1v) is 9.67. The summed E-state index contributed by atoms with van der Waals surface area (Å²) in [5, 5.41) is 10.5. The highest BCUT2D eigenvalue weighted by Gasteiger charge is 2.19. The van der Waals surface area contributed by atoms with Crippen molar-refractivity contribution in [3.63, 3.8) is 0 Å². The molecule has 3 rings (SSSR count). The van der Waals surface area contributed by atoms with E-state index in [4.69, 9.17) is 0 Å². The standard InChI is InChI=1S/C22H26N4O2/c1-3-26(4-2)17(14-16-10-6-5-7-11-16)15-23-22(28)20-18-12-8-9-13-19(18)21(27)25-24-20/h5-13,17H,3-4,14-15H2,1-2H3,(H,23,28)(H,25,27). The molecular weight excluding hydrogens is 352 g/mol. The fourth-order valence-electron chi connectivity index (χ4n) is 3.54. The lowest BCUT2D eigenvalue weighted by Gasteiger charge is -2.30. The summed E-state index contributed by atoms with van der Waals surface area (Å²) in [4.78, 5) is 27.1. The van der Waals surface area contributed by atoms with Crippen molar-refractivity contribution in [2.24, 2.45) is 0 Å². The van der Waals surface area contributed by atoms with Crippen LogP contribution in [-0.2, 0) is 6.42 Å². The number of carbonyl (C=O) groups is 1. The molecule has 1 heterocycles. The molecule has 28 heavy (non-hydrogen) atoms. The molecule has 6 heteroatoms. The number of rotatable bonds is 8. The molecular formula is C22H26N4O2. The number of hydrogen-bond donors (Lipinski definition) is 2. The summed E-state index contributed by atoms with van der Waals surface area (Å²) >= 11 is 0. The van der Waals surface area contributed by atoms with Crippen molar-refractivity contribution in [1.82, 2.24) is 20.4 Å². The molecule has 1 unspecified atom stereocenters. The minimum atomic E-state index is -0.294. The minimum Gasteiger partial charge on any atom is -0.349 e. The van der Waals surface area contributed by atoms with Crippen molar-refractivity contribution in [2.75, 3.05) is 19.6 Å². The molecule has 0 saturated carbocycles. The number of carbonyl (C=O) groups excluding carboxylic acids is 1. The van der Waals surface area contributed by atoms with Gasteiger partial charge in [-0.3, -0.25) is 14.5 Å². The van der Waals surface area contributed by atoms with Crippen LogP contribution < -0.4 is 10.9 Å². The number of aromatic nitrogens is 2. The molecule has 1 aromatic heterocycles. The SMILES string of the molecule is CCN(CC)C(CNC(=O)c1n[nH]c(=O)c2ccccc12)Cc1ccccc1. The molecule has 2 N–H and O–H groups in total. The van der Waals surface area contributed by atoms with Crippen LogP contribution in [0.2, 0.25) is 0 Å². The van der Waals surface area contributed by atoms with E-state index in [2.05, 4.69) is 46.4 Å². The van der Waals surface area contributed by atoms with Crippen molar-refractivity contribution >= 4 is 16.7 Å². The zero-order valence-electron chi connectivity index (χ0n) is 16.3. The number of hydrogen-bond acceptors (Lipinski definition) is 4. The fourth-order valence-corrected chi connectivity index (χ4v) is 3.54. The van der Waals surface area contributed by atoms with Crippen molar-refractivity contribution in [3.8, 4) is 0 Å². The number of nitrogens with one attached hydrogen (secondary N) is 2. The van der Waals surface area contributed by atoms with E-state index in [1.807, 2.05) is 18.2 Å². The van der Waals surface area contributed by atoms with Gasteiger partial charge in [-0.05, 0) is 31.1 Å². The van der Waals surface area contributed by atoms with Gasteiger partial charge in [0.25, 0.3) is 11.5 Å². The molecule has 3 aromatic rings. The highest BCUT2D eigenvalue weighted by Crippen LogP contribution is 2.13. The number of benzene rings is 2. The second kappa shape index (κ2) is 9.28. The number of H-pyrrole nitrogens is 1. The molecule has 0 spiro atoms. The van der Waals surface area contributed by atoms with Crippen LogP contribution >= 0.6 is 0 Å². The van der Waals surface area contributed by atoms with Gasteiger partial charge in [-0.15, -0.1) is 0 Å². The van der Waals surface area contributed by atoms with E-state index in [0.717, 1.165) is 19.5 Å². The Bertz CT molecular complexity index is 980. The molecule has 2 aromatic carbocycles. The Balaban J connectivity index is 1.78. The van der Waals surface area contributed by atoms with Crippen LogP contribution in [0.3, 0.4) is 0 Å². The van der Waals surface area contributed by atoms with Crippen molar-refractivity contribution in [2.45, 2.75) is 26.3 Å². The normalized spacial score (nSPS) is 12.2. The molecule has 0 radical (unpaired) electrons. The Morgan fingerprint density at radius 2 is 1.68 bits per heavy atom. The molecule has 146 valence electrons. The minimum absolute atomic E-state index is 0.176. The maximum absolute atomic E-state index is 12.8. The first kappa shape index (κ1) is 19.8. The van der Waals surface area contributed by atoms with Gasteiger partial charge in [0.15, 0.2) is 5.69 Å². The first-order valence-electron chi connectivity index (χ1n) is 9.67. The first-order chi connectivity index (χ1) is 13.6. The van der Waals surface area contributed by atoms with Gasteiger partial charge in [-0.25, -0.2) is 5.10 Å². The number of amides is 1. The van der Waals surface area contributed by atoms with Crippen molar-refractivity contribution in [1.29, 1.82) is 0 Å². The monoisotopic (exact) mass is 378 g/mol. The van der Waals surface area contributed by atoms with Crippen LogP contribution in [0.1, 0.15) is 29.9 Å². The number of aromatic amines is 1. The highest BCUT2D eigenvalue weighted by atomic mass is 16.2. The summed E-state index contributed by atoms with van der Waals surface area (Å²) in [6.07, 6.45) is 0.850. The molecule has 1 amide bonds. The third kappa shape index (κ3) is 4.46. The van der Waals surface area contributed by atoms with Gasteiger partial charge in [0.05, 0.1) is 5.39 Å². The molecule has 6 nitrogen and oxygen atoms in total.